The van der Waals surface area contributed by atoms with Crippen molar-refractivity contribution in [3.8, 4) is 0 Å². The van der Waals surface area contributed by atoms with Crippen LogP contribution in [-0.2, 0) is 17.8 Å². The smallest absolute Gasteiger partial charge is 0.261 e. The fourth-order valence-electron chi connectivity index (χ4n) is 3.57. The van der Waals surface area contributed by atoms with Crippen molar-refractivity contribution in [1.29, 1.82) is 0 Å². The maximum atomic E-state index is 12.5. The van der Waals surface area contributed by atoms with Crippen LogP contribution >= 0.6 is 15.9 Å². The summed E-state index contributed by atoms with van der Waals surface area (Å²) in [7, 11) is 0. The molecule has 0 aliphatic carbocycles. The number of carbonyl (C=O) groups is 3. The van der Waals surface area contributed by atoms with Crippen LogP contribution in [0.2, 0.25) is 0 Å². The predicted octanol–water partition coefficient (Wildman–Crippen LogP) is 2.74. The highest BCUT2D eigenvalue weighted by atomic mass is 79.9. The highest BCUT2D eigenvalue weighted by Crippen LogP contribution is 2.26. The van der Waals surface area contributed by atoms with Crippen molar-refractivity contribution in [1.82, 2.24) is 14.8 Å². The van der Waals surface area contributed by atoms with Crippen molar-refractivity contribution in [3.63, 3.8) is 0 Å². The van der Waals surface area contributed by atoms with Gasteiger partial charge in [-0.25, -0.2) is 0 Å². The first-order valence-corrected chi connectivity index (χ1v) is 9.42. The SMILES string of the molecule is O=C(CCCN1C(=O)c2ccc(Br)cc2C1=O)N1CCc2[nH]ccc2C1. The van der Waals surface area contributed by atoms with Gasteiger partial charge in [0.2, 0.25) is 5.91 Å². The van der Waals surface area contributed by atoms with E-state index in [0.717, 1.165) is 16.5 Å². The fraction of sp³-hybridized carbons (Fsp3) is 0.316. The highest BCUT2D eigenvalue weighted by Gasteiger charge is 2.35. The molecule has 0 fully saturated rings. The molecule has 1 aromatic carbocycles. The van der Waals surface area contributed by atoms with Crippen LogP contribution in [0.1, 0.15) is 44.8 Å². The van der Waals surface area contributed by atoms with Crippen molar-refractivity contribution >= 4 is 33.7 Å². The molecule has 3 amide bonds. The Labute approximate surface area is 159 Å². The van der Waals surface area contributed by atoms with Crippen molar-refractivity contribution in [2.24, 2.45) is 0 Å². The second-order valence-electron chi connectivity index (χ2n) is 6.60. The number of benzene rings is 1. The monoisotopic (exact) mass is 415 g/mol. The van der Waals surface area contributed by atoms with Gasteiger partial charge in [-0.3, -0.25) is 19.3 Å². The zero-order valence-electron chi connectivity index (χ0n) is 14.1. The summed E-state index contributed by atoms with van der Waals surface area (Å²) in [6, 6.07) is 7.09. The summed E-state index contributed by atoms with van der Waals surface area (Å²) in [5.74, 6) is -0.496. The number of aromatic nitrogens is 1. The molecule has 0 unspecified atom stereocenters. The number of hydrogen-bond acceptors (Lipinski definition) is 3. The van der Waals surface area contributed by atoms with E-state index in [2.05, 4.69) is 20.9 Å². The summed E-state index contributed by atoms with van der Waals surface area (Å²) in [5, 5.41) is 0. The molecule has 26 heavy (non-hydrogen) atoms. The van der Waals surface area contributed by atoms with Gasteiger partial charge < -0.3 is 9.88 Å². The molecule has 0 radical (unpaired) electrons. The summed E-state index contributed by atoms with van der Waals surface area (Å²) in [6.45, 7) is 1.59. The van der Waals surface area contributed by atoms with Crippen LogP contribution in [0.3, 0.4) is 0 Å². The molecule has 0 atom stereocenters. The van der Waals surface area contributed by atoms with Gasteiger partial charge in [0.05, 0.1) is 11.1 Å². The summed E-state index contributed by atoms with van der Waals surface area (Å²) in [6.07, 6.45) is 3.54. The number of imide groups is 1. The van der Waals surface area contributed by atoms with Crippen molar-refractivity contribution < 1.29 is 14.4 Å². The van der Waals surface area contributed by atoms with Gasteiger partial charge in [-0.2, -0.15) is 0 Å². The van der Waals surface area contributed by atoms with E-state index in [-0.39, 0.29) is 24.3 Å². The number of aromatic amines is 1. The minimum Gasteiger partial charge on any atom is -0.365 e. The Balaban J connectivity index is 1.33. The standard InChI is InChI=1S/C19H18BrN3O3/c20-13-3-4-14-15(10-13)19(26)23(18(14)25)8-1-2-17(24)22-9-6-16-12(11-22)5-7-21-16/h3-5,7,10,21H,1-2,6,8-9,11H2. The highest BCUT2D eigenvalue weighted by molar-refractivity contribution is 9.10. The second kappa shape index (κ2) is 6.72. The Kier molecular flexibility index (Phi) is 4.40. The number of nitrogens with zero attached hydrogens (tertiary/aromatic N) is 2. The van der Waals surface area contributed by atoms with E-state index in [1.807, 2.05) is 17.2 Å². The summed E-state index contributed by atoms with van der Waals surface area (Å²) in [5.41, 5.74) is 3.22. The zero-order valence-corrected chi connectivity index (χ0v) is 15.7. The molecule has 2 aromatic rings. The first-order chi connectivity index (χ1) is 12.5. The molecule has 7 heteroatoms. The molecule has 0 saturated heterocycles. The van der Waals surface area contributed by atoms with Gasteiger partial charge in [-0.15, -0.1) is 0 Å². The number of nitrogens with one attached hydrogen (secondary N) is 1. The molecule has 1 N–H and O–H groups in total. The first-order valence-electron chi connectivity index (χ1n) is 8.63. The molecule has 1 aromatic heterocycles. The van der Waals surface area contributed by atoms with Crippen LogP contribution < -0.4 is 0 Å². The Morgan fingerprint density at radius 2 is 1.96 bits per heavy atom. The second-order valence-corrected chi connectivity index (χ2v) is 7.52. The third-order valence-corrected chi connectivity index (χ3v) is 5.47. The predicted molar refractivity (Wildman–Crippen MR) is 98.7 cm³/mol. The third kappa shape index (κ3) is 2.96. The van der Waals surface area contributed by atoms with E-state index in [0.29, 0.717) is 37.1 Å². The number of H-pyrrole nitrogens is 1. The minimum absolute atomic E-state index is 0.0659. The Hall–Kier alpha value is -2.41. The molecule has 2 aliphatic heterocycles. The van der Waals surface area contributed by atoms with E-state index >= 15 is 0 Å². The maximum absolute atomic E-state index is 12.5. The molecular weight excluding hydrogens is 398 g/mol. The lowest BCUT2D eigenvalue weighted by Crippen LogP contribution is -2.36. The number of hydrogen-bond donors (Lipinski definition) is 1. The molecule has 3 heterocycles. The van der Waals surface area contributed by atoms with Gasteiger partial charge in [-0.1, -0.05) is 15.9 Å². The number of fused-ring (bicyclic) bond motifs is 2. The molecular formula is C19H18BrN3O3. The van der Waals surface area contributed by atoms with Gasteiger partial charge in [0, 0.05) is 48.8 Å². The van der Waals surface area contributed by atoms with Gasteiger partial charge in [-0.05, 0) is 36.2 Å². The van der Waals surface area contributed by atoms with Gasteiger partial charge in [0.1, 0.15) is 0 Å². The van der Waals surface area contributed by atoms with Crippen LogP contribution in [0.25, 0.3) is 0 Å². The maximum Gasteiger partial charge on any atom is 0.261 e. The van der Waals surface area contributed by atoms with Crippen LogP contribution in [0, 0.1) is 0 Å². The molecule has 0 saturated carbocycles. The lowest BCUT2D eigenvalue weighted by molar-refractivity contribution is -0.132. The Bertz CT molecular complexity index is 905. The first kappa shape index (κ1) is 17.0. The van der Waals surface area contributed by atoms with Crippen LogP contribution in [-0.4, -0.2) is 45.6 Å². The lowest BCUT2D eigenvalue weighted by atomic mass is 10.1. The average Bonchev–Trinajstić information content (AvgIpc) is 3.19. The van der Waals surface area contributed by atoms with E-state index < -0.39 is 0 Å². The summed E-state index contributed by atoms with van der Waals surface area (Å²) in [4.78, 5) is 43.6. The molecule has 134 valence electrons. The average molecular weight is 416 g/mol. The van der Waals surface area contributed by atoms with Gasteiger partial charge >= 0.3 is 0 Å². The Morgan fingerprint density at radius 3 is 2.81 bits per heavy atom. The van der Waals surface area contributed by atoms with Crippen LogP contribution in [0.5, 0.6) is 0 Å². The normalized spacial score (nSPS) is 16.0. The lowest BCUT2D eigenvalue weighted by Gasteiger charge is -2.27. The molecule has 2 aliphatic rings. The van der Waals surface area contributed by atoms with Crippen LogP contribution in [0.15, 0.2) is 34.9 Å². The minimum atomic E-state index is -0.284. The molecule has 6 nitrogen and oxygen atoms in total. The van der Waals surface area contributed by atoms with E-state index in [1.54, 1.807) is 18.2 Å². The number of halogens is 1. The van der Waals surface area contributed by atoms with Gasteiger partial charge in [0.15, 0.2) is 0 Å². The summed E-state index contributed by atoms with van der Waals surface area (Å²) >= 11 is 3.32. The number of amides is 3. The summed E-state index contributed by atoms with van der Waals surface area (Å²) < 4.78 is 0.767. The molecule has 0 spiro atoms. The topological polar surface area (TPSA) is 73.5 Å². The number of rotatable bonds is 4. The Morgan fingerprint density at radius 1 is 1.15 bits per heavy atom. The van der Waals surface area contributed by atoms with E-state index in [4.69, 9.17) is 0 Å². The molecule has 0 bridgehead atoms. The third-order valence-electron chi connectivity index (χ3n) is 4.98. The van der Waals surface area contributed by atoms with Gasteiger partial charge in [0.25, 0.3) is 11.8 Å². The number of carbonyl (C=O) groups excluding carboxylic acids is 3. The van der Waals surface area contributed by atoms with E-state index in [9.17, 15) is 14.4 Å². The van der Waals surface area contributed by atoms with Crippen molar-refractivity contribution in [2.45, 2.75) is 25.8 Å². The largest absolute Gasteiger partial charge is 0.365 e. The molecule has 4 rings (SSSR count). The van der Waals surface area contributed by atoms with Crippen LogP contribution in [0.4, 0.5) is 0 Å². The van der Waals surface area contributed by atoms with E-state index in [1.165, 1.54) is 10.6 Å². The van der Waals surface area contributed by atoms with Crippen molar-refractivity contribution in [2.75, 3.05) is 13.1 Å². The van der Waals surface area contributed by atoms with Crippen molar-refractivity contribution in [3.05, 3.63) is 57.3 Å². The quantitative estimate of drug-likeness (QED) is 0.780. The fourth-order valence-corrected chi connectivity index (χ4v) is 3.93. The zero-order chi connectivity index (χ0) is 18.3.